The van der Waals surface area contributed by atoms with Gasteiger partial charge in [-0.2, -0.15) is 0 Å². The van der Waals surface area contributed by atoms with Gasteiger partial charge in [0.25, 0.3) is 0 Å². The van der Waals surface area contributed by atoms with E-state index in [2.05, 4.69) is 27.3 Å². The van der Waals surface area contributed by atoms with Crippen molar-refractivity contribution < 1.29 is 0 Å². The normalized spacial score (nSPS) is 10.8. The number of aromatic amines is 1. The summed E-state index contributed by atoms with van der Waals surface area (Å²) in [5.74, 6) is 1.49. The van der Waals surface area contributed by atoms with Crippen LogP contribution in [0.2, 0.25) is 10.0 Å². The number of nitrogens with zero attached hydrogens (tertiary/aromatic N) is 2. The standard InChI is InChI=1S/C16H13Cl2N3S/c17-13-7-4-8-14(18)12(13)10-22-16-19-15(20-21-16)9-11-5-2-1-3-6-11/h1-8H,9-10H2,(H,19,20,21). The van der Waals surface area contributed by atoms with Gasteiger partial charge < -0.3 is 0 Å². The number of hydrogen-bond donors (Lipinski definition) is 1. The van der Waals surface area contributed by atoms with Crippen LogP contribution in [0.25, 0.3) is 0 Å². The Morgan fingerprint density at radius 2 is 1.68 bits per heavy atom. The number of halogens is 2. The van der Waals surface area contributed by atoms with Crippen molar-refractivity contribution in [2.75, 3.05) is 0 Å². The van der Waals surface area contributed by atoms with Crippen LogP contribution in [0.3, 0.4) is 0 Å². The number of benzene rings is 2. The van der Waals surface area contributed by atoms with Crippen LogP contribution in [0.5, 0.6) is 0 Å². The van der Waals surface area contributed by atoms with Crippen LogP contribution in [0.4, 0.5) is 0 Å². The molecule has 0 bridgehead atoms. The molecule has 0 aliphatic rings. The number of hydrogen-bond acceptors (Lipinski definition) is 3. The monoisotopic (exact) mass is 349 g/mol. The smallest absolute Gasteiger partial charge is 0.208 e. The van der Waals surface area contributed by atoms with Crippen molar-refractivity contribution in [2.45, 2.75) is 17.3 Å². The fraction of sp³-hybridized carbons (Fsp3) is 0.125. The predicted molar refractivity (Wildman–Crippen MR) is 91.7 cm³/mol. The molecule has 0 aliphatic heterocycles. The topological polar surface area (TPSA) is 41.6 Å². The van der Waals surface area contributed by atoms with Crippen LogP contribution in [-0.2, 0) is 12.2 Å². The van der Waals surface area contributed by atoms with Crippen molar-refractivity contribution in [2.24, 2.45) is 0 Å². The molecule has 0 atom stereocenters. The molecular weight excluding hydrogens is 337 g/mol. The molecule has 2 aromatic carbocycles. The molecule has 0 fully saturated rings. The van der Waals surface area contributed by atoms with Crippen LogP contribution in [-0.4, -0.2) is 15.2 Å². The Hall–Kier alpha value is -1.49. The Kier molecular flexibility index (Phi) is 5.03. The molecule has 0 aliphatic carbocycles. The second-order valence-electron chi connectivity index (χ2n) is 4.72. The van der Waals surface area contributed by atoms with E-state index < -0.39 is 0 Å². The summed E-state index contributed by atoms with van der Waals surface area (Å²) >= 11 is 13.8. The highest BCUT2D eigenvalue weighted by molar-refractivity contribution is 7.98. The molecule has 3 nitrogen and oxygen atoms in total. The first-order valence-electron chi connectivity index (χ1n) is 6.73. The van der Waals surface area contributed by atoms with Crippen LogP contribution in [0.1, 0.15) is 17.0 Å². The van der Waals surface area contributed by atoms with Gasteiger partial charge in [0.2, 0.25) is 5.16 Å². The summed E-state index contributed by atoms with van der Waals surface area (Å²) in [5.41, 5.74) is 2.11. The molecule has 0 saturated carbocycles. The summed E-state index contributed by atoms with van der Waals surface area (Å²) < 4.78 is 0. The number of rotatable bonds is 5. The van der Waals surface area contributed by atoms with Crippen LogP contribution < -0.4 is 0 Å². The molecule has 0 radical (unpaired) electrons. The highest BCUT2D eigenvalue weighted by Crippen LogP contribution is 2.30. The van der Waals surface area contributed by atoms with E-state index in [0.29, 0.717) is 21.0 Å². The molecule has 6 heteroatoms. The van der Waals surface area contributed by atoms with Gasteiger partial charge in [-0.15, -0.1) is 5.10 Å². The Morgan fingerprint density at radius 3 is 2.41 bits per heavy atom. The molecule has 112 valence electrons. The van der Waals surface area contributed by atoms with E-state index in [4.69, 9.17) is 23.2 Å². The van der Waals surface area contributed by atoms with E-state index in [1.807, 2.05) is 36.4 Å². The van der Waals surface area contributed by atoms with E-state index in [1.54, 1.807) is 0 Å². The summed E-state index contributed by atoms with van der Waals surface area (Å²) in [4.78, 5) is 4.49. The lowest BCUT2D eigenvalue weighted by molar-refractivity contribution is 0.956. The number of nitrogens with one attached hydrogen (secondary N) is 1. The summed E-state index contributed by atoms with van der Waals surface area (Å²) in [6.07, 6.45) is 0.737. The maximum absolute atomic E-state index is 6.16. The van der Waals surface area contributed by atoms with Gasteiger partial charge in [-0.25, -0.2) is 4.98 Å². The third-order valence-electron chi connectivity index (χ3n) is 3.13. The lowest BCUT2D eigenvalue weighted by Crippen LogP contribution is -1.90. The lowest BCUT2D eigenvalue weighted by atomic mass is 10.1. The molecule has 0 spiro atoms. The van der Waals surface area contributed by atoms with E-state index in [-0.39, 0.29) is 0 Å². The van der Waals surface area contributed by atoms with Crippen molar-refractivity contribution >= 4 is 35.0 Å². The van der Waals surface area contributed by atoms with Crippen LogP contribution in [0.15, 0.2) is 53.7 Å². The van der Waals surface area contributed by atoms with Gasteiger partial charge in [-0.1, -0.05) is 71.4 Å². The molecule has 1 aromatic heterocycles. The van der Waals surface area contributed by atoms with E-state index in [1.165, 1.54) is 17.3 Å². The van der Waals surface area contributed by atoms with Gasteiger partial charge in [0.05, 0.1) is 0 Å². The van der Waals surface area contributed by atoms with E-state index in [0.717, 1.165) is 17.8 Å². The lowest BCUT2D eigenvalue weighted by Gasteiger charge is -2.04. The Morgan fingerprint density at radius 1 is 0.955 bits per heavy atom. The second kappa shape index (κ2) is 7.18. The zero-order valence-electron chi connectivity index (χ0n) is 11.6. The first kappa shape index (κ1) is 15.4. The summed E-state index contributed by atoms with van der Waals surface area (Å²) in [6.45, 7) is 0. The second-order valence-corrected chi connectivity index (χ2v) is 6.47. The van der Waals surface area contributed by atoms with Crippen molar-refractivity contribution in [3.8, 4) is 0 Å². The van der Waals surface area contributed by atoms with E-state index >= 15 is 0 Å². The Labute approximate surface area is 143 Å². The Bertz CT molecular complexity index is 739. The molecule has 0 saturated heterocycles. The SMILES string of the molecule is Clc1cccc(Cl)c1CSc1n[nH]c(Cc2ccccc2)n1. The summed E-state index contributed by atoms with van der Waals surface area (Å²) in [6, 6.07) is 15.7. The van der Waals surface area contributed by atoms with Crippen molar-refractivity contribution in [3.05, 3.63) is 75.5 Å². The van der Waals surface area contributed by atoms with Crippen LogP contribution >= 0.6 is 35.0 Å². The molecule has 1 N–H and O–H groups in total. The van der Waals surface area contributed by atoms with Gasteiger partial charge in [0, 0.05) is 22.2 Å². The number of thioether (sulfide) groups is 1. The Balaban J connectivity index is 1.65. The molecule has 0 unspecified atom stereocenters. The minimum absolute atomic E-state index is 0.640. The van der Waals surface area contributed by atoms with Gasteiger partial charge in [0.15, 0.2) is 0 Å². The zero-order chi connectivity index (χ0) is 15.4. The molecular formula is C16H13Cl2N3S. The number of H-pyrrole nitrogens is 1. The predicted octanol–water partition coefficient (Wildman–Crippen LogP) is 4.99. The summed E-state index contributed by atoms with van der Waals surface area (Å²) in [7, 11) is 0. The van der Waals surface area contributed by atoms with E-state index in [9.17, 15) is 0 Å². The third kappa shape index (κ3) is 3.83. The molecule has 1 heterocycles. The minimum atomic E-state index is 0.640. The average molecular weight is 350 g/mol. The van der Waals surface area contributed by atoms with Crippen molar-refractivity contribution in [3.63, 3.8) is 0 Å². The summed E-state index contributed by atoms with van der Waals surface area (Å²) in [5, 5.41) is 9.23. The third-order valence-corrected chi connectivity index (χ3v) is 4.71. The van der Waals surface area contributed by atoms with Crippen molar-refractivity contribution in [1.82, 2.24) is 15.2 Å². The van der Waals surface area contributed by atoms with Gasteiger partial charge in [-0.3, -0.25) is 5.10 Å². The molecule has 22 heavy (non-hydrogen) atoms. The van der Waals surface area contributed by atoms with Crippen molar-refractivity contribution in [1.29, 1.82) is 0 Å². The highest BCUT2D eigenvalue weighted by atomic mass is 35.5. The van der Waals surface area contributed by atoms with Gasteiger partial charge in [0.1, 0.15) is 5.82 Å². The quantitative estimate of drug-likeness (QED) is 0.659. The van der Waals surface area contributed by atoms with Gasteiger partial charge in [-0.05, 0) is 23.3 Å². The highest BCUT2D eigenvalue weighted by Gasteiger charge is 2.09. The fourth-order valence-electron chi connectivity index (χ4n) is 2.02. The fourth-order valence-corrected chi connectivity index (χ4v) is 3.58. The zero-order valence-corrected chi connectivity index (χ0v) is 13.9. The van der Waals surface area contributed by atoms with Crippen LogP contribution in [0, 0.1) is 0 Å². The van der Waals surface area contributed by atoms with Gasteiger partial charge >= 0.3 is 0 Å². The number of aromatic nitrogens is 3. The molecule has 3 aromatic rings. The maximum atomic E-state index is 6.16. The minimum Gasteiger partial charge on any atom is -0.262 e. The molecule has 3 rings (SSSR count). The first-order valence-corrected chi connectivity index (χ1v) is 8.47. The average Bonchev–Trinajstić information content (AvgIpc) is 2.95. The molecule has 0 amide bonds. The maximum Gasteiger partial charge on any atom is 0.208 e. The largest absolute Gasteiger partial charge is 0.262 e. The first-order chi connectivity index (χ1) is 10.7.